The van der Waals surface area contributed by atoms with Crippen LogP contribution >= 0.6 is 0 Å². The number of nitrogens with one attached hydrogen (secondary N) is 1. The summed E-state index contributed by atoms with van der Waals surface area (Å²) in [5.74, 6) is 0. The lowest BCUT2D eigenvalue weighted by Gasteiger charge is -2.21. The summed E-state index contributed by atoms with van der Waals surface area (Å²) in [7, 11) is 0. The Morgan fingerprint density at radius 3 is 1.72 bits per heavy atom. The van der Waals surface area contributed by atoms with Crippen LogP contribution in [0.2, 0.25) is 0 Å². The number of allylic oxidation sites excluding steroid dienone is 2. The molecule has 8 rings (SSSR count). The Hall–Kier alpha value is -5.47. The zero-order chi connectivity index (χ0) is 31.3. The number of dihydropyridines is 1. The lowest BCUT2D eigenvalue weighted by Crippen LogP contribution is -2.10. The average Bonchev–Trinajstić information content (AvgIpc) is 3.10. The summed E-state index contributed by atoms with van der Waals surface area (Å²) in [5, 5.41) is 10.8. The molecule has 0 saturated carbocycles. The van der Waals surface area contributed by atoms with Crippen LogP contribution < -0.4 is 5.32 Å². The molecule has 2 nitrogen and oxygen atoms in total. The Labute approximate surface area is 270 Å². The minimum Gasteiger partial charge on any atom is -0.387 e. The van der Waals surface area contributed by atoms with E-state index in [2.05, 4.69) is 158 Å². The van der Waals surface area contributed by atoms with Crippen molar-refractivity contribution in [1.29, 1.82) is 0 Å². The van der Waals surface area contributed by atoms with E-state index in [9.17, 15) is 0 Å². The van der Waals surface area contributed by atoms with E-state index in [1.807, 2.05) is 18.6 Å². The van der Waals surface area contributed by atoms with E-state index < -0.39 is 0 Å². The molecule has 6 aromatic carbocycles. The minimum atomic E-state index is 0.115. The van der Waals surface area contributed by atoms with Gasteiger partial charge >= 0.3 is 0 Å². The SMILES string of the molecule is CC(C)(C)c1ccc(-c2c3ccccc3c(-c3ccc4ccc(-c5cncc(C6=CCNC=C6)c5)cc4c3)c3ccccc23)cc1. The number of hydrogen-bond donors (Lipinski definition) is 1. The number of fused-ring (bicyclic) bond motifs is 3. The predicted molar refractivity (Wildman–Crippen MR) is 197 cm³/mol. The molecule has 2 heterocycles. The van der Waals surface area contributed by atoms with Crippen LogP contribution in [0.3, 0.4) is 0 Å². The first kappa shape index (κ1) is 28.0. The fourth-order valence-corrected chi connectivity index (χ4v) is 6.89. The van der Waals surface area contributed by atoms with Gasteiger partial charge in [-0.2, -0.15) is 0 Å². The highest BCUT2D eigenvalue weighted by Crippen LogP contribution is 2.44. The van der Waals surface area contributed by atoms with Gasteiger partial charge < -0.3 is 5.32 Å². The Morgan fingerprint density at radius 1 is 0.543 bits per heavy atom. The number of rotatable bonds is 4. The van der Waals surface area contributed by atoms with Gasteiger partial charge in [-0.05, 0) is 107 Å². The smallest absolute Gasteiger partial charge is 0.0346 e. The molecule has 222 valence electrons. The van der Waals surface area contributed by atoms with Gasteiger partial charge in [0.05, 0.1) is 0 Å². The van der Waals surface area contributed by atoms with Crippen molar-refractivity contribution in [3.63, 3.8) is 0 Å². The third-order valence-electron chi connectivity index (χ3n) is 9.33. The maximum Gasteiger partial charge on any atom is 0.0346 e. The maximum atomic E-state index is 4.60. The van der Waals surface area contributed by atoms with E-state index in [0.717, 1.165) is 17.7 Å². The Morgan fingerprint density at radius 2 is 1.11 bits per heavy atom. The van der Waals surface area contributed by atoms with Crippen LogP contribution in [0.15, 0.2) is 146 Å². The zero-order valence-electron chi connectivity index (χ0n) is 26.5. The molecule has 1 aliphatic rings. The lowest BCUT2D eigenvalue weighted by atomic mass is 9.83. The number of pyridine rings is 1. The molecule has 0 amide bonds. The van der Waals surface area contributed by atoms with Crippen LogP contribution in [0.4, 0.5) is 0 Å². The molecular weight excluding hydrogens is 556 g/mol. The molecule has 0 radical (unpaired) electrons. The summed E-state index contributed by atoms with van der Waals surface area (Å²) in [6.07, 6.45) is 10.2. The summed E-state index contributed by atoms with van der Waals surface area (Å²) < 4.78 is 0. The topological polar surface area (TPSA) is 24.9 Å². The first-order valence-electron chi connectivity index (χ1n) is 16.1. The molecule has 1 aliphatic heterocycles. The molecule has 0 bridgehead atoms. The first-order valence-corrected chi connectivity index (χ1v) is 16.1. The van der Waals surface area contributed by atoms with Crippen molar-refractivity contribution in [1.82, 2.24) is 10.3 Å². The molecule has 7 aromatic rings. The molecule has 0 saturated heterocycles. The predicted octanol–water partition coefficient (Wildman–Crippen LogP) is 11.3. The second kappa shape index (κ2) is 11.2. The maximum absolute atomic E-state index is 4.60. The summed E-state index contributed by atoms with van der Waals surface area (Å²) in [5.41, 5.74) is 11.1. The van der Waals surface area contributed by atoms with E-state index in [1.54, 1.807) is 0 Å². The molecule has 0 aliphatic carbocycles. The number of nitrogens with zero attached hydrogens (tertiary/aromatic N) is 1. The lowest BCUT2D eigenvalue weighted by molar-refractivity contribution is 0.590. The minimum absolute atomic E-state index is 0.115. The molecule has 1 aromatic heterocycles. The third kappa shape index (κ3) is 4.97. The molecule has 46 heavy (non-hydrogen) atoms. The van der Waals surface area contributed by atoms with Crippen molar-refractivity contribution in [2.24, 2.45) is 0 Å². The van der Waals surface area contributed by atoms with Gasteiger partial charge in [-0.3, -0.25) is 4.98 Å². The van der Waals surface area contributed by atoms with Crippen molar-refractivity contribution in [2.45, 2.75) is 26.2 Å². The highest BCUT2D eigenvalue weighted by Gasteiger charge is 2.18. The summed E-state index contributed by atoms with van der Waals surface area (Å²) in [6.45, 7) is 7.65. The van der Waals surface area contributed by atoms with Crippen LogP contribution in [0.1, 0.15) is 31.9 Å². The van der Waals surface area contributed by atoms with Gasteiger partial charge in [0.25, 0.3) is 0 Å². The Bertz CT molecular complexity index is 2280. The fraction of sp³-hybridized carbons (Fsp3) is 0.114. The zero-order valence-corrected chi connectivity index (χ0v) is 26.5. The molecule has 0 unspecified atom stereocenters. The van der Waals surface area contributed by atoms with Gasteiger partial charge in [-0.1, -0.05) is 124 Å². The molecule has 0 atom stereocenters. The molecule has 2 heteroatoms. The quantitative estimate of drug-likeness (QED) is 0.206. The van der Waals surface area contributed by atoms with E-state index >= 15 is 0 Å². The van der Waals surface area contributed by atoms with E-state index in [-0.39, 0.29) is 5.41 Å². The molecular formula is C44H36N2. The number of aromatic nitrogens is 1. The van der Waals surface area contributed by atoms with E-state index in [1.165, 1.54) is 71.3 Å². The summed E-state index contributed by atoms with van der Waals surface area (Å²) in [6, 6.07) is 42.9. The van der Waals surface area contributed by atoms with Gasteiger partial charge in [0.1, 0.15) is 0 Å². The summed E-state index contributed by atoms with van der Waals surface area (Å²) >= 11 is 0. The number of benzene rings is 6. The van der Waals surface area contributed by atoms with E-state index in [4.69, 9.17) is 0 Å². The van der Waals surface area contributed by atoms with Crippen LogP contribution in [0, 0.1) is 0 Å². The standard InChI is InChI=1S/C44H36N2/c1-44(2,3)37-18-16-31(17-19-37)42-38-8-4-6-10-40(38)43(41-11-7-5-9-39(41)42)33-15-13-29-12-14-32(24-34(29)25-33)36-26-35(27-46-28-36)30-20-22-45-23-21-30/h4-22,24-28,45H,23H2,1-3H3. The summed E-state index contributed by atoms with van der Waals surface area (Å²) in [4.78, 5) is 4.60. The average molecular weight is 593 g/mol. The Balaban J connectivity index is 1.29. The van der Waals surface area contributed by atoms with Gasteiger partial charge in [0, 0.05) is 30.1 Å². The van der Waals surface area contributed by atoms with Crippen molar-refractivity contribution in [2.75, 3.05) is 6.54 Å². The molecule has 0 fully saturated rings. The second-order valence-electron chi connectivity index (χ2n) is 13.3. The van der Waals surface area contributed by atoms with Crippen LogP contribution in [0.5, 0.6) is 0 Å². The first-order chi connectivity index (χ1) is 22.4. The van der Waals surface area contributed by atoms with Gasteiger partial charge in [0.2, 0.25) is 0 Å². The number of hydrogen-bond acceptors (Lipinski definition) is 2. The second-order valence-corrected chi connectivity index (χ2v) is 13.3. The highest BCUT2D eigenvalue weighted by molar-refractivity contribution is 6.21. The van der Waals surface area contributed by atoms with Gasteiger partial charge in [0.15, 0.2) is 0 Å². The van der Waals surface area contributed by atoms with Gasteiger partial charge in [-0.25, -0.2) is 0 Å². The van der Waals surface area contributed by atoms with Gasteiger partial charge in [-0.15, -0.1) is 0 Å². The monoisotopic (exact) mass is 592 g/mol. The van der Waals surface area contributed by atoms with Crippen LogP contribution in [0.25, 0.3) is 71.3 Å². The third-order valence-corrected chi connectivity index (χ3v) is 9.33. The van der Waals surface area contributed by atoms with Crippen molar-refractivity contribution >= 4 is 37.9 Å². The van der Waals surface area contributed by atoms with E-state index in [0.29, 0.717) is 0 Å². The fourth-order valence-electron chi connectivity index (χ4n) is 6.89. The van der Waals surface area contributed by atoms with Crippen molar-refractivity contribution < 1.29 is 0 Å². The highest BCUT2D eigenvalue weighted by atomic mass is 14.8. The molecule has 0 spiro atoms. The van der Waals surface area contributed by atoms with Crippen molar-refractivity contribution in [3.05, 3.63) is 157 Å². The largest absolute Gasteiger partial charge is 0.387 e. The van der Waals surface area contributed by atoms with Crippen LogP contribution in [-0.2, 0) is 5.41 Å². The normalized spacial score (nSPS) is 13.2. The molecule has 1 N–H and O–H groups in total. The van der Waals surface area contributed by atoms with Crippen molar-refractivity contribution in [3.8, 4) is 33.4 Å². The van der Waals surface area contributed by atoms with Crippen LogP contribution in [-0.4, -0.2) is 11.5 Å². The Kier molecular flexibility index (Phi) is 6.80.